The van der Waals surface area contributed by atoms with Crippen LogP contribution in [0.15, 0.2) is 58.7 Å². The summed E-state index contributed by atoms with van der Waals surface area (Å²) in [5.74, 6) is 0.778. The molecule has 176 valence electrons. The zero-order valence-corrected chi connectivity index (χ0v) is 20.2. The molecule has 0 spiro atoms. The Balaban J connectivity index is 1.42. The molecule has 0 radical (unpaired) electrons. The fourth-order valence-corrected chi connectivity index (χ4v) is 5.00. The Labute approximate surface area is 198 Å². The van der Waals surface area contributed by atoms with Gasteiger partial charge in [-0.25, -0.2) is 9.97 Å². The van der Waals surface area contributed by atoms with Gasteiger partial charge in [0.25, 0.3) is 5.56 Å². The van der Waals surface area contributed by atoms with Crippen molar-refractivity contribution < 1.29 is 4.79 Å². The minimum atomic E-state index is 0.00667. The number of nitrogens with zero attached hydrogens (tertiary/aromatic N) is 6. The number of benzene rings is 1. The number of hydrogen-bond acceptors (Lipinski definition) is 5. The van der Waals surface area contributed by atoms with Gasteiger partial charge < -0.3 is 9.80 Å². The fraction of sp³-hybridized carbons (Fsp3) is 0.385. The summed E-state index contributed by atoms with van der Waals surface area (Å²) in [6, 6.07) is 6.03. The molecule has 2 aromatic heterocycles. The monoisotopic (exact) mass is 458 g/mol. The van der Waals surface area contributed by atoms with Crippen LogP contribution in [0.3, 0.4) is 0 Å². The molecular formula is C26H30N6O2. The lowest BCUT2D eigenvalue weighted by Crippen LogP contribution is -2.53. The minimum Gasteiger partial charge on any atom is -0.337 e. The smallest absolute Gasteiger partial charge is 0.274 e. The number of aromatic nitrogens is 4. The van der Waals surface area contributed by atoms with Crippen LogP contribution in [-0.2, 0) is 18.4 Å². The standard InChI is InChI=1S/C26H30N6O2/c1-17-6-5-7-21(17)16-32-24-12-20(8-9-23(24)25(34)29(32)4)22-13-27-26(28-14-22)30-10-11-31(19(3)33)18(2)15-30/h6-9,12-14,18H,5,10-11,15-16H2,1-4H3/t18-/m1/s1. The summed E-state index contributed by atoms with van der Waals surface area (Å²) in [5.41, 5.74) is 5.31. The number of fused-ring (bicyclic) bond motifs is 1. The van der Waals surface area contributed by atoms with Gasteiger partial charge in [0.1, 0.15) is 0 Å². The second kappa shape index (κ2) is 8.59. The van der Waals surface area contributed by atoms with Crippen molar-refractivity contribution in [3.63, 3.8) is 0 Å². The SMILES string of the molecule is CC(=O)N1CCN(c2ncc(-c3ccc4c(=O)n(C)n(CC5=CCC=C5C)c4c3)cn2)C[C@H]1C. The average molecular weight is 459 g/mol. The van der Waals surface area contributed by atoms with Crippen molar-refractivity contribution in [1.29, 1.82) is 0 Å². The van der Waals surface area contributed by atoms with Crippen molar-refractivity contribution in [3.8, 4) is 11.1 Å². The Hall–Kier alpha value is -3.68. The van der Waals surface area contributed by atoms with E-state index >= 15 is 0 Å². The van der Waals surface area contributed by atoms with E-state index in [4.69, 9.17) is 0 Å². The van der Waals surface area contributed by atoms with Gasteiger partial charge in [0.15, 0.2) is 0 Å². The van der Waals surface area contributed by atoms with Gasteiger partial charge in [0, 0.05) is 57.6 Å². The van der Waals surface area contributed by atoms with Gasteiger partial charge >= 0.3 is 0 Å². The Kier molecular flexibility index (Phi) is 5.59. The van der Waals surface area contributed by atoms with E-state index in [1.54, 1.807) is 11.6 Å². The zero-order valence-electron chi connectivity index (χ0n) is 20.2. The second-order valence-corrected chi connectivity index (χ2v) is 9.25. The molecule has 0 N–H and O–H groups in total. The molecule has 1 fully saturated rings. The van der Waals surface area contributed by atoms with Gasteiger partial charge in [-0.2, -0.15) is 0 Å². The predicted molar refractivity (Wildman–Crippen MR) is 134 cm³/mol. The summed E-state index contributed by atoms with van der Waals surface area (Å²) in [7, 11) is 1.82. The summed E-state index contributed by atoms with van der Waals surface area (Å²) in [4.78, 5) is 37.8. The number of hydrogen-bond donors (Lipinski definition) is 0. The lowest BCUT2D eigenvalue weighted by Gasteiger charge is -2.39. The number of piperazine rings is 1. The highest BCUT2D eigenvalue weighted by Crippen LogP contribution is 2.26. The van der Waals surface area contributed by atoms with E-state index in [-0.39, 0.29) is 17.5 Å². The van der Waals surface area contributed by atoms with Crippen molar-refractivity contribution >= 4 is 22.8 Å². The summed E-state index contributed by atoms with van der Waals surface area (Å²) in [6.45, 7) is 8.56. The second-order valence-electron chi connectivity index (χ2n) is 9.25. The lowest BCUT2D eigenvalue weighted by atomic mass is 10.1. The number of allylic oxidation sites excluding steroid dienone is 4. The Morgan fingerprint density at radius 3 is 2.53 bits per heavy atom. The molecule has 1 aliphatic carbocycles. The zero-order chi connectivity index (χ0) is 24.0. The number of carbonyl (C=O) groups excluding carboxylic acids is 1. The van der Waals surface area contributed by atoms with Gasteiger partial charge in [0.05, 0.1) is 17.4 Å². The van der Waals surface area contributed by atoms with Crippen molar-refractivity contribution in [3.05, 3.63) is 64.2 Å². The van der Waals surface area contributed by atoms with Crippen molar-refractivity contribution in [2.24, 2.45) is 7.05 Å². The molecule has 1 atom stereocenters. The molecule has 1 aromatic carbocycles. The molecular weight excluding hydrogens is 428 g/mol. The first-order valence-corrected chi connectivity index (χ1v) is 11.7. The normalized spacial score (nSPS) is 18.4. The molecule has 0 bridgehead atoms. The molecule has 0 unspecified atom stereocenters. The molecule has 34 heavy (non-hydrogen) atoms. The van der Waals surface area contributed by atoms with E-state index in [0.717, 1.165) is 29.6 Å². The predicted octanol–water partition coefficient (Wildman–Crippen LogP) is 3.13. The van der Waals surface area contributed by atoms with Crippen molar-refractivity contribution in [2.75, 3.05) is 24.5 Å². The van der Waals surface area contributed by atoms with E-state index in [1.165, 1.54) is 11.1 Å². The van der Waals surface area contributed by atoms with Crippen molar-refractivity contribution in [2.45, 2.75) is 39.8 Å². The van der Waals surface area contributed by atoms with E-state index in [0.29, 0.717) is 31.0 Å². The highest BCUT2D eigenvalue weighted by Gasteiger charge is 2.26. The average Bonchev–Trinajstić information content (AvgIpc) is 3.34. The summed E-state index contributed by atoms with van der Waals surface area (Å²) < 4.78 is 3.74. The molecule has 8 nitrogen and oxygen atoms in total. The fourth-order valence-electron chi connectivity index (χ4n) is 5.00. The van der Waals surface area contributed by atoms with Crippen LogP contribution in [0.1, 0.15) is 27.2 Å². The highest BCUT2D eigenvalue weighted by atomic mass is 16.2. The summed E-state index contributed by atoms with van der Waals surface area (Å²) in [6.07, 6.45) is 9.06. The lowest BCUT2D eigenvalue weighted by molar-refractivity contribution is -0.131. The third-order valence-corrected chi connectivity index (χ3v) is 7.06. The van der Waals surface area contributed by atoms with Crippen LogP contribution < -0.4 is 10.5 Å². The van der Waals surface area contributed by atoms with Crippen LogP contribution in [0, 0.1) is 0 Å². The van der Waals surface area contributed by atoms with E-state index < -0.39 is 0 Å². The van der Waals surface area contributed by atoms with Gasteiger partial charge in [-0.3, -0.25) is 19.0 Å². The van der Waals surface area contributed by atoms with Crippen molar-refractivity contribution in [1.82, 2.24) is 24.2 Å². The molecule has 1 aliphatic heterocycles. The van der Waals surface area contributed by atoms with E-state index in [2.05, 4.69) is 46.9 Å². The third kappa shape index (κ3) is 3.83. The minimum absolute atomic E-state index is 0.00667. The number of rotatable bonds is 4. The van der Waals surface area contributed by atoms with Crippen LogP contribution >= 0.6 is 0 Å². The Morgan fingerprint density at radius 2 is 1.88 bits per heavy atom. The number of amides is 1. The molecule has 3 heterocycles. The molecule has 8 heteroatoms. The maximum absolute atomic E-state index is 12.8. The quantitative estimate of drug-likeness (QED) is 0.600. The first-order valence-electron chi connectivity index (χ1n) is 11.7. The van der Waals surface area contributed by atoms with Gasteiger partial charge in [-0.05, 0) is 43.5 Å². The largest absolute Gasteiger partial charge is 0.337 e. The molecule has 1 saturated heterocycles. The van der Waals surface area contributed by atoms with Crippen LogP contribution in [-0.4, -0.2) is 55.8 Å². The van der Waals surface area contributed by atoms with Gasteiger partial charge in [-0.15, -0.1) is 0 Å². The van der Waals surface area contributed by atoms with Crippen LogP contribution in [0.25, 0.3) is 22.0 Å². The van der Waals surface area contributed by atoms with Gasteiger partial charge in [-0.1, -0.05) is 23.8 Å². The molecule has 1 amide bonds. The summed E-state index contributed by atoms with van der Waals surface area (Å²) >= 11 is 0. The molecule has 0 saturated carbocycles. The topological polar surface area (TPSA) is 76.3 Å². The Morgan fingerprint density at radius 1 is 1.12 bits per heavy atom. The molecule has 2 aliphatic rings. The third-order valence-electron chi connectivity index (χ3n) is 7.06. The van der Waals surface area contributed by atoms with Crippen LogP contribution in [0.2, 0.25) is 0 Å². The van der Waals surface area contributed by atoms with E-state index in [9.17, 15) is 9.59 Å². The molecule has 3 aromatic rings. The van der Waals surface area contributed by atoms with Crippen LogP contribution in [0.4, 0.5) is 5.95 Å². The number of carbonyl (C=O) groups is 1. The van der Waals surface area contributed by atoms with E-state index in [1.807, 2.05) is 41.2 Å². The highest BCUT2D eigenvalue weighted by molar-refractivity contribution is 5.84. The maximum atomic E-state index is 12.8. The molecule has 5 rings (SSSR count). The van der Waals surface area contributed by atoms with Crippen LogP contribution in [0.5, 0.6) is 0 Å². The van der Waals surface area contributed by atoms with Gasteiger partial charge in [0.2, 0.25) is 11.9 Å². The summed E-state index contributed by atoms with van der Waals surface area (Å²) in [5, 5.41) is 0.710. The first kappa shape index (κ1) is 22.1. The first-order chi connectivity index (χ1) is 16.3. The number of anilines is 1. The Bertz CT molecular complexity index is 1380. The maximum Gasteiger partial charge on any atom is 0.274 e.